The van der Waals surface area contributed by atoms with Crippen molar-refractivity contribution >= 4 is 11.9 Å². The van der Waals surface area contributed by atoms with E-state index in [-0.39, 0.29) is 25.0 Å². The molecule has 0 bridgehead atoms. The summed E-state index contributed by atoms with van der Waals surface area (Å²) in [5, 5.41) is 11.7. The zero-order valence-electron chi connectivity index (χ0n) is 10.3. The second kappa shape index (κ2) is 7.45. The molecule has 0 heterocycles. The van der Waals surface area contributed by atoms with E-state index in [1.807, 2.05) is 30.3 Å². The average molecular weight is 251 g/mol. The first kappa shape index (κ1) is 14.2. The van der Waals surface area contributed by atoms with Crippen molar-refractivity contribution in [3.8, 4) is 0 Å². The Morgan fingerprint density at radius 1 is 1.33 bits per heavy atom. The van der Waals surface area contributed by atoms with E-state index in [9.17, 15) is 9.59 Å². The SMILES string of the molecule is CC(=O)OCC(NCCC(=O)O)c1ccccc1. The molecule has 18 heavy (non-hydrogen) atoms. The molecule has 0 saturated heterocycles. The third-order valence-corrected chi connectivity index (χ3v) is 2.38. The first-order valence-corrected chi connectivity index (χ1v) is 5.73. The molecule has 5 heteroatoms. The summed E-state index contributed by atoms with van der Waals surface area (Å²) < 4.78 is 4.97. The molecule has 0 radical (unpaired) electrons. The Bertz CT molecular complexity index is 391. The summed E-state index contributed by atoms with van der Waals surface area (Å²) in [7, 11) is 0. The molecule has 0 amide bonds. The van der Waals surface area contributed by atoms with Gasteiger partial charge >= 0.3 is 11.9 Å². The Morgan fingerprint density at radius 2 is 2.00 bits per heavy atom. The van der Waals surface area contributed by atoms with Gasteiger partial charge in [0.25, 0.3) is 0 Å². The fourth-order valence-corrected chi connectivity index (χ4v) is 1.51. The van der Waals surface area contributed by atoms with Crippen molar-refractivity contribution in [2.75, 3.05) is 13.2 Å². The monoisotopic (exact) mass is 251 g/mol. The van der Waals surface area contributed by atoms with Gasteiger partial charge in [0.15, 0.2) is 0 Å². The number of carbonyl (C=O) groups is 2. The maximum Gasteiger partial charge on any atom is 0.304 e. The van der Waals surface area contributed by atoms with E-state index in [0.29, 0.717) is 6.54 Å². The van der Waals surface area contributed by atoms with Gasteiger partial charge in [0.05, 0.1) is 12.5 Å². The van der Waals surface area contributed by atoms with Gasteiger partial charge in [-0.2, -0.15) is 0 Å². The molecule has 0 aliphatic heterocycles. The summed E-state index contributed by atoms with van der Waals surface area (Å²) in [5.41, 5.74) is 0.962. The highest BCUT2D eigenvalue weighted by Gasteiger charge is 2.12. The summed E-state index contributed by atoms with van der Waals surface area (Å²) in [6.45, 7) is 1.87. The lowest BCUT2D eigenvalue weighted by Crippen LogP contribution is -2.28. The molecule has 5 nitrogen and oxygen atoms in total. The standard InChI is InChI=1S/C13H17NO4/c1-10(15)18-9-12(14-8-7-13(16)17)11-5-3-2-4-6-11/h2-6,12,14H,7-9H2,1H3,(H,16,17). The molecule has 1 aromatic rings. The second-order valence-electron chi connectivity index (χ2n) is 3.86. The molecule has 0 saturated carbocycles. The van der Waals surface area contributed by atoms with Crippen LogP contribution in [0.1, 0.15) is 24.9 Å². The minimum atomic E-state index is -0.859. The zero-order valence-corrected chi connectivity index (χ0v) is 10.3. The molecule has 0 aliphatic rings. The van der Waals surface area contributed by atoms with Gasteiger partial charge in [-0.3, -0.25) is 9.59 Å². The fraction of sp³-hybridized carbons (Fsp3) is 0.385. The first-order chi connectivity index (χ1) is 8.59. The average Bonchev–Trinajstić information content (AvgIpc) is 2.34. The predicted molar refractivity (Wildman–Crippen MR) is 66.1 cm³/mol. The third kappa shape index (κ3) is 5.45. The topological polar surface area (TPSA) is 75.6 Å². The van der Waals surface area contributed by atoms with E-state index >= 15 is 0 Å². The number of carboxylic acid groups (broad SMARTS) is 1. The van der Waals surface area contributed by atoms with Crippen LogP contribution in [0.2, 0.25) is 0 Å². The van der Waals surface area contributed by atoms with Crippen LogP contribution in [-0.4, -0.2) is 30.2 Å². The van der Waals surface area contributed by atoms with Crippen LogP contribution in [-0.2, 0) is 14.3 Å². The lowest BCUT2D eigenvalue weighted by Gasteiger charge is -2.18. The van der Waals surface area contributed by atoms with Crippen LogP contribution in [0.15, 0.2) is 30.3 Å². The summed E-state index contributed by atoms with van der Waals surface area (Å²) >= 11 is 0. The smallest absolute Gasteiger partial charge is 0.304 e. The molecule has 0 spiro atoms. The molecule has 0 fully saturated rings. The number of rotatable bonds is 7. The van der Waals surface area contributed by atoms with Gasteiger partial charge < -0.3 is 15.2 Å². The van der Waals surface area contributed by atoms with E-state index in [1.165, 1.54) is 6.92 Å². The van der Waals surface area contributed by atoms with Crippen LogP contribution in [0.3, 0.4) is 0 Å². The highest BCUT2D eigenvalue weighted by atomic mass is 16.5. The van der Waals surface area contributed by atoms with E-state index in [4.69, 9.17) is 9.84 Å². The highest BCUT2D eigenvalue weighted by molar-refractivity contribution is 5.67. The number of carbonyl (C=O) groups excluding carboxylic acids is 1. The van der Waals surface area contributed by atoms with Gasteiger partial charge in [0.2, 0.25) is 0 Å². The molecular formula is C13H17NO4. The van der Waals surface area contributed by atoms with Crippen molar-refractivity contribution in [3.63, 3.8) is 0 Å². The lowest BCUT2D eigenvalue weighted by molar-refractivity contribution is -0.142. The molecule has 0 aromatic heterocycles. The molecule has 1 aromatic carbocycles. The Kier molecular flexibility index (Phi) is 5.87. The van der Waals surface area contributed by atoms with Crippen molar-refractivity contribution in [1.29, 1.82) is 0 Å². The second-order valence-corrected chi connectivity index (χ2v) is 3.86. The van der Waals surface area contributed by atoms with E-state index < -0.39 is 5.97 Å². The minimum Gasteiger partial charge on any atom is -0.481 e. The van der Waals surface area contributed by atoms with E-state index in [2.05, 4.69) is 5.32 Å². The van der Waals surface area contributed by atoms with Gasteiger partial charge in [-0.05, 0) is 5.56 Å². The number of benzene rings is 1. The van der Waals surface area contributed by atoms with Crippen molar-refractivity contribution in [1.82, 2.24) is 5.32 Å². The largest absolute Gasteiger partial charge is 0.481 e. The molecule has 1 rings (SSSR count). The van der Waals surface area contributed by atoms with Crippen molar-refractivity contribution in [2.45, 2.75) is 19.4 Å². The molecular weight excluding hydrogens is 234 g/mol. The van der Waals surface area contributed by atoms with Crippen molar-refractivity contribution in [2.24, 2.45) is 0 Å². The Balaban J connectivity index is 2.57. The molecule has 0 aliphatic carbocycles. The van der Waals surface area contributed by atoms with Gasteiger partial charge in [0, 0.05) is 13.5 Å². The Labute approximate surface area is 106 Å². The van der Waals surface area contributed by atoms with Crippen LogP contribution < -0.4 is 5.32 Å². The van der Waals surface area contributed by atoms with Crippen LogP contribution in [0.4, 0.5) is 0 Å². The summed E-state index contributed by atoms with van der Waals surface area (Å²) in [6, 6.07) is 9.28. The van der Waals surface area contributed by atoms with Crippen LogP contribution in [0, 0.1) is 0 Å². The number of hydrogen-bond donors (Lipinski definition) is 2. The predicted octanol–water partition coefficient (Wildman–Crippen LogP) is 1.36. The molecule has 98 valence electrons. The fourth-order valence-electron chi connectivity index (χ4n) is 1.51. The minimum absolute atomic E-state index is 0.0312. The number of esters is 1. The van der Waals surface area contributed by atoms with Gasteiger partial charge in [0.1, 0.15) is 6.61 Å². The maximum absolute atomic E-state index is 10.8. The van der Waals surface area contributed by atoms with Crippen molar-refractivity contribution in [3.05, 3.63) is 35.9 Å². The number of nitrogens with one attached hydrogen (secondary N) is 1. The van der Waals surface area contributed by atoms with Crippen LogP contribution >= 0.6 is 0 Å². The third-order valence-electron chi connectivity index (χ3n) is 2.38. The van der Waals surface area contributed by atoms with Gasteiger partial charge in [-0.1, -0.05) is 30.3 Å². The lowest BCUT2D eigenvalue weighted by atomic mass is 10.1. The summed E-state index contributed by atoms with van der Waals surface area (Å²) in [6.07, 6.45) is 0.0312. The quantitative estimate of drug-likeness (QED) is 0.715. The van der Waals surface area contributed by atoms with Gasteiger partial charge in [-0.15, -0.1) is 0 Å². The normalized spacial score (nSPS) is 11.8. The molecule has 1 atom stereocenters. The van der Waals surface area contributed by atoms with Crippen LogP contribution in [0.25, 0.3) is 0 Å². The first-order valence-electron chi connectivity index (χ1n) is 5.73. The van der Waals surface area contributed by atoms with E-state index in [0.717, 1.165) is 5.56 Å². The Morgan fingerprint density at radius 3 is 2.56 bits per heavy atom. The number of ether oxygens (including phenoxy) is 1. The number of hydrogen-bond acceptors (Lipinski definition) is 4. The number of aliphatic carboxylic acids is 1. The Hall–Kier alpha value is -1.88. The molecule has 1 unspecified atom stereocenters. The van der Waals surface area contributed by atoms with Crippen LogP contribution in [0.5, 0.6) is 0 Å². The summed E-state index contributed by atoms with van der Waals surface area (Å²) in [4.78, 5) is 21.3. The molecule has 2 N–H and O–H groups in total. The number of carboxylic acids is 1. The summed E-state index contributed by atoms with van der Waals surface area (Å²) in [5.74, 6) is -1.21. The van der Waals surface area contributed by atoms with Gasteiger partial charge in [-0.25, -0.2) is 0 Å². The maximum atomic E-state index is 10.8. The highest BCUT2D eigenvalue weighted by Crippen LogP contribution is 2.12. The van der Waals surface area contributed by atoms with Crippen molar-refractivity contribution < 1.29 is 19.4 Å². The van der Waals surface area contributed by atoms with E-state index in [1.54, 1.807) is 0 Å². The zero-order chi connectivity index (χ0) is 13.4.